The van der Waals surface area contributed by atoms with Crippen molar-refractivity contribution in [1.29, 1.82) is 10.8 Å². The molecule has 1 aromatic heterocycles. The molecule has 0 bridgehead atoms. The van der Waals surface area contributed by atoms with Gasteiger partial charge in [0.25, 0.3) is 5.91 Å². The molecule has 0 spiro atoms. The Bertz CT molecular complexity index is 1280. The van der Waals surface area contributed by atoms with Crippen LogP contribution in [0.1, 0.15) is 59.1 Å². The number of hydrogen-bond acceptors (Lipinski definition) is 5. The van der Waals surface area contributed by atoms with Gasteiger partial charge in [0.2, 0.25) is 12.2 Å². The fourth-order valence-electron chi connectivity index (χ4n) is 3.78. The smallest absolute Gasteiger partial charge is 0.291 e. The summed E-state index contributed by atoms with van der Waals surface area (Å²) in [7, 11) is 0. The number of aromatic nitrogens is 2. The average molecular weight is 521 g/mol. The van der Waals surface area contributed by atoms with Crippen molar-refractivity contribution in [1.82, 2.24) is 20.0 Å². The van der Waals surface area contributed by atoms with Crippen molar-refractivity contribution in [3.63, 3.8) is 0 Å². The number of carbonyl (C=O) groups excluding carboxylic acids is 2. The zero-order valence-electron chi connectivity index (χ0n) is 23.4. The highest BCUT2D eigenvalue weighted by atomic mass is 16.2. The number of aryl methyl sites for hydroxylation is 1. The number of nitrogens with one attached hydrogen (secondary N) is 3. The number of nitrogens with two attached hydrogens (primary N) is 1. The van der Waals surface area contributed by atoms with Crippen LogP contribution in [-0.4, -0.2) is 57.3 Å². The fourth-order valence-corrected chi connectivity index (χ4v) is 3.78. The molecule has 0 aliphatic heterocycles. The van der Waals surface area contributed by atoms with Gasteiger partial charge in [0.05, 0.1) is 17.1 Å². The third-order valence-electron chi connectivity index (χ3n) is 5.76. The summed E-state index contributed by atoms with van der Waals surface area (Å²) in [6.45, 7) is 13.7. The Morgan fingerprint density at radius 2 is 1.84 bits per heavy atom. The molecule has 0 saturated carbocycles. The second kappa shape index (κ2) is 12.4. The first-order valence-electron chi connectivity index (χ1n) is 12.5. The molecule has 0 fully saturated rings. The third kappa shape index (κ3) is 8.50. The van der Waals surface area contributed by atoms with Crippen molar-refractivity contribution in [3.8, 4) is 11.3 Å². The standard InChI is InChI=1S/C28H40N8O2/c1-19-10-12-21(13-11-19)23-16-22(27(3,4)5)25(31)36(34-23)15-9-8-14-35(17-28(6,7)32-18-37)26(38)24(30)33-20(2)29/h9-13,15-16,18,31H,8,14,17H2,1-7H3,(H,32,37)(H3,29,30,33)/b15-9+,31-25?. The van der Waals surface area contributed by atoms with Gasteiger partial charge in [-0.15, -0.1) is 0 Å². The minimum absolute atomic E-state index is 0.113. The quantitative estimate of drug-likeness (QED) is 0.228. The molecule has 1 heterocycles. The molecule has 0 aliphatic rings. The predicted octanol–water partition coefficient (Wildman–Crippen LogP) is 3.20. The first-order valence-corrected chi connectivity index (χ1v) is 12.5. The molecule has 0 radical (unpaired) electrons. The minimum atomic E-state index is -0.711. The van der Waals surface area contributed by atoms with Gasteiger partial charge in [0, 0.05) is 30.4 Å². The third-order valence-corrected chi connectivity index (χ3v) is 5.76. The van der Waals surface area contributed by atoms with E-state index in [1.165, 1.54) is 11.8 Å². The summed E-state index contributed by atoms with van der Waals surface area (Å²) >= 11 is 0. The van der Waals surface area contributed by atoms with Crippen molar-refractivity contribution >= 4 is 30.2 Å². The van der Waals surface area contributed by atoms with E-state index in [0.717, 1.165) is 22.4 Å². The summed E-state index contributed by atoms with van der Waals surface area (Å²) in [6, 6.07) is 10.1. The highest BCUT2D eigenvalue weighted by Gasteiger charge is 2.26. The van der Waals surface area contributed by atoms with E-state index >= 15 is 0 Å². The van der Waals surface area contributed by atoms with Gasteiger partial charge < -0.3 is 16.0 Å². The molecule has 0 saturated heterocycles. The molecule has 1 aromatic carbocycles. The molecule has 2 amide bonds. The molecule has 0 unspecified atom stereocenters. The Kier molecular flexibility index (Phi) is 9.87. The Balaban J connectivity index is 2.36. The van der Waals surface area contributed by atoms with E-state index in [2.05, 4.69) is 36.2 Å². The van der Waals surface area contributed by atoms with Crippen molar-refractivity contribution in [2.45, 2.75) is 65.8 Å². The summed E-state index contributed by atoms with van der Waals surface area (Å²) in [4.78, 5) is 29.2. The second-order valence-electron chi connectivity index (χ2n) is 11.0. The molecular weight excluding hydrogens is 480 g/mol. The van der Waals surface area contributed by atoms with Crippen LogP contribution in [0.4, 0.5) is 0 Å². The van der Waals surface area contributed by atoms with E-state index in [-0.39, 0.29) is 29.8 Å². The van der Waals surface area contributed by atoms with Crippen LogP contribution in [0.5, 0.6) is 0 Å². The van der Waals surface area contributed by atoms with Gasteiger partial charge in [-0.2, -0.15) is 5.10 Å². The van der Waals surface area contributed by atoms with E-state index in [9.17, 15) is 9.59 Å². The lowest BCUT2D eigenvalue weighted by Gasteiger charge is -2.32. The number of nitrogens with zero attached hydrogens (tertiary/aromatic N) is 4. The average Bonchev–Trinajstić information content (AvgIpc) is 2.80. The van der Waals surface area contributed by atoms with Gasteiger partial charge in [0.15, 0.2) is 0 Å². The Hall–Kier alpha value is -4.08. The molecule has 0 atom stereocenters. The lowest BCUT2D eigenvalue weighted by atomic mass is 9.87. The van der Waals surface area contributed by atoms with Crippen LogP contribution in [0.25, 0.3) is 17.5 Å². The number of amidine groups is 2. The number of carbonyl (C=O) groups is 2. The molecule has 10 heteroatoms. The topological polar surface area (TPSA) is 153 Å². The summed E-state index contributed by atoms with van der Waals surface area (Å²) < 4.78 is 1.55. The van der Waals surface area contributed by atoms with Crippen LogP contribution in [0.15, 0.2) is 41.4 Å². The minimum Gasteiger partial charge on any atom is -0.387 e. The molecule has 204 valence electrons. The van der Waals surface area contributed by atoms with Gasteiger partial charge in [-0.3, -0.25) is 20.4 Å². The van der Waals surface area contributed by atoms with Crippen molar-refractivity contribution in [3.05, 3.63) is 53.0 Å². The van der Waals surface area contributed by atoms with Crippen LogP contribution in [0.2, 0.25) is 0 Å². The van der Waals surface area contributed by atoms with E-state index < -0.39 is 17.3 Å². The lowest BCUT2D eigenvalue weighted by molar-refractivity contribution is -0.125. The van der Waals surface area contributed by atoms with E-state index in [1.54, 1.807) is 24.7 Å². The summed E-state index contributed by atoms with van der Waals surface area (Å²) in [6.07, 6.45) is 4.56. The van der Waals surface area contributed by atoms with E-state index in [0.29, 0.717) is 12.8 Å². The van der Waals surface area contributed by atoms with Crippen molar-refractivity contribution < 1.29 is 9.59 Å². The predicted molar refractivity (Wildman–Crippen MR) is 152 cm³/mol. The fraction of sp³-hybridized carbons (Fsp3) is 0.429. The maximum absolute atomic E-state index is 12.9. The summed E-state index contributed by atoms with van der Waals surface area (Å²) in [5, 5.41) is 24.1. The molecule has 5 N–H and O–H groups in total. The Morgan fingerprint density at radius 3 is 2.39 bits per heavy atom. The first kappa shape index (κ1) is 30.1. The lowest BCUT2D eigenvalue weighted by Crippen LogP contribution is -2.51. The van der Waals surface area contributed by atoms with E-state index in [4.69, 9.17) is 16.6 Å². The molecular formula is C28H40N8O2. The van der Waals surface area contributed by atoms with Crippen LogP contribution in [0, 0.1) is 17.7 Å². The van der Waals surface area contributed by atoms with Crippen molar-refractivity contribution in [2.75, 3.05) is 13.1 Å². The highest BCUT2D eigenvalue weighted by molar-refractivity contribution is 6.38. The SMILES string of the molecule is CC(N)=NC(=N)C(=O)N(CC/C=C/n1nc(-c2ccc(C)cc2)cc(C(C)(C)C)c1=N)CC(C)(C)NC=O. The molecule has 38 heavy (non-hydrogen) atoms. The molecule has 2 rings (SSSR count). The highest BCUT2D eigenvalue weighted by Crippen LogP contribution is 2.24. The number of amides is 2. The van der Waals surface area contributed by atoms with Crippen molar-refractivity contribution in [2.24, 2.45) is 10.7 Å². The normalized spacial score (nSPS) is 12.4. The Morgan fingerprint density at radius 1 is 1.21 bits per heavy atom. The van der Waals surface area contributed by atoms with Crippen LogP contribution in [0.3, 0.4) is 0 Å². The van der Waals surface area contributed by atoms with Crippen LogP contribution < -0.4 is 16.5 Å². The maximum atomic E-state index is 12.9. The largest absolute Gasteiger partial charge is 0.387 e. The van der Waals surface area contributed by atoms with Crippen LogP contribution >= 0.6 is 0 Å². The summed E-state index contributed by atoms with van der Waals surface area (Å²) in [5.41, 5.74) is 8.58. The van der Waals surface area contributed by atoms with E-state index in [1.807, 2.05) is 43.3 Å². The van der Waals surface area contributed by atoms with Gasteiger partial charge in [-0.25, -0.2) is 9.67 Å². The number of rotatable bonds is 9. The second-order valence-corrected chi connectivity index (χ2v) is 11.0. The molecule has 10 nitrogen and oxygen atoms in total. The Labute approximate surface area is 224 Å². The molecule has 2 aromatic rings. The first-order chi connectivity index (χ1) is 17.6. The summed E-state index contributed by atoms with van der Waals surface area (Å²) in [5.74, 6) is -0.949. The zero-order valence-corrected chi connectivity index (χ0v) is 23.4. The monoisotopic (exact) mass is 520 g/mol. The molecule has 0 aliphatic carbocycles. The van der Waals surface area contributed by atoms with Gasteiger partial charge in [-0.1, -0.05) is 56.7 Å². The van der Waals surface area contributed by atoms with Gasteiger partial charge >= 0.3 is 0 Å². The van der Waals surface area contributed by atoms with Gasteiger partial charge in [0.1, 0.15) is 5.49 Å². The maximum Gasteiger partial charge on any atom is 0.291 e. The number of hydrogen-bond donors (Lipinski definition) is 4. The zero-order chi connectivity index (χ0) is 28.7. The van der Waals surface area contributed by atoms with Gasteiger partial charge in [-0.05, 0) is 45.6 Å². The number of aliphatic imine (C=N–C) groups is 1. The van der Waals surface area contributed by atoms with Crippen LogP contribution in [-0.2, 0) is 15.0 Å². The number of benzene rings is 1.